The summed E-state index contributed by atoms with van der Waals surface area (Å²) in [6, 6.07) is 7.70. The Hall–Kier alpha value is -1.64. The molecule has 0 aromatic heterocycles. The highest BCUT2D eigenvalue weighted by Gasteiger charge is 2.13. The van der Waals surface area contributed by atoms with E-state index in [1.54, 1.807) is 0 Å². The average Bonchev–Trinajstić information content (AvgIpc) is 2.15. The minimum Gasteiger partial charge on any atom is -0.311 e. The van der Waals surface area contributed by atoms with E-state index >= 15 is 0 Å². The van der Waals surface area contributed by atoms with Gasteiger partial charge in [0, 0.05) is 12.5 Å². The number of amidine groups is 1. The fourth-order valence-corrected chi connectivity index (χ4v) is 1.39. The second kappa shape index (κ2) is 4.47. The zero-order valence-electron chi connectivity index (χ0n) is 10.2. The lowest BCUT2D eigenvalue weighted by molar-refractivity contribution is -0.117. The largest absolute Gasteiger partial charge is 0.311 e. The van der Waals surface area contributed by atoms with Gasteiger partial charge in [-0.25, -0.2) is 0 Å². The van der Waals surface area contributed by atoms with E-state index in [1.165, 1.54) is 12.5 Å². The van der Waals surface area contributed by atoms with Gasteiger partial charge < -0.3 is 5.32 Å². The van der Waals surface area contributed by atoms with Crippen LogP contribution in [0.1, 0.15) is 38.8 Å². The van der Waals surface area contributed by atoms with Gasteiger partial charge >= 0.3 is 0 Å². The number of rotatable bonds is 1. The molecule has 16 heavy (non-hydrogen) atoms. The molecule has 0 saturated heterocycles. The van der Waals surface area contributed by atoms with Crippen molar-refractivity contribution in [2.24, 2.45) is 0 Å². The van der Waals surface area contributed by atoms with Gasteiger partial charge in [0.15, 0.2) is 0 Å². The Labute approximate surface area is 96.4 Å². The smallest absolute Gasteiger partial charge is 0.222 e. The van der Waals surface area contributed by atoms with Crippen LogP contribution in [-0.2, 0) is 10.2 Å². The highest BCUT2D eigenvalue weighted by atomic mass is 16.1. The molecule has 0 spiro atoms. The predicted octanol–water partition coefficient (Wildman–Crippen LogP) is 2.45. The lowest BCUT2D eigenvalue weighted by Gasteiger charge is -2.19. The summed E-state index contributed by atoms with van der Waals surface area (Å²) in [5.74, 6) is -0.0714. The Morgan fingerprint density at radius 1 is 1.19 bits per heavy atom. The summed E-state index contributed by atoms with van der Waals surface area (Å²) < 4.78 is 0. The summed E-state index contributed by atoms with van der Waals surface area (Å²) in [6.45, 7) is 7.82. The normalized spacial score (nSPS) is 11.0. The maximum atomic E-state index is 10.8. The van der Waals surface area contributed by atoms with Crippen LogP contribution in [0.2, 0.25) is 0 Å². The molecule has 0 atom stereocenters. The van der Waals surface area contributed by atoms with Gasteiger partial charge in [0.25, 0.3) is 0 Å². The molecule has 0 aliphatic heterocycles. The van der Waals surface area contributed by atoms with E-state index in [1.807, 2.05) is 24.3 Å². The molecule has 0 fully saturated rings. The van der Waals surface area contributed by atoms with Crippen LogP contribution in [0, 0.1) is 5.41 Å². The van der Waals surface area contributed by atoms with Crippen LogP contribution >= 0.6 is 0 Å². The van der Waals surface area contributed by atoms with Crippen LogP contribution in [0.5, 0.6) is 0 Å². The molecule has 0 radical (unpaired) electrons. The molecule has 3 nitrogen and oxygen atoms in total. The summed E-state index contributed by atoms with van der Waals surface area (Å²) in [5.41, 5.74) is 2.05. The second-order valence-electron chi connectivity index (χ2n) is 4.88. The SMILES string of the molecule is CC(=O)NC(=N)c1ccc(C(C)(C)C)cc1. The zero-order chi connectivity index (χ0) is 12.3. The van der Waals surface area contributed by atoms with Crippen molar-refractivity contribution in [2.75, 3.05) is 0 Å². The fraction of sp³-hybridized carbons (Fsp3) is 0.385. The van der Waals surface area contributed by atoms with Gasteiger partial charge in [-0.2, -0.15) is 0 Å². The third-order valence-electron chi connectivity index (χ3n) is 2.34. The van der Waals surface area contributed by atoms with E-state index in [2.05, 4.69) is 26.1 Å². The lowest BCUT2D eigenvalue weighted by Crippen LogP contribution is -2.28. The fourth-order valence-electron chi connectivity index (χ4n) is 1.39. The number of amides is 1. The molecule has 0 unspecified atom stereocenters. The molecule has 0 aliphatic rings. The molecule has 86 valence electrons. The predicted molar refractivity (Wildman–Crippen MR) is 65.8 cm³/mol. The van der Waals surface area contributed by atoms with Crippen LogP contribution in [0.4, 0.5) is 0 Å². The third kappa shape index (κ3) is 3.19. The van der Waals surface area contributed by atoms with E-state index in [0.29, 0.717) is 0 Å². The van der Waals surface area contributed by atoms with E-state index < -0.39 is 0 Å². The minimum absolute atomic E-state index is 0.106. The summed E-state index contributed by atoms with van der Waals surface area (Å²) in [6.07, 6.45) is 0. The van der Waals surface area contributed by atoms with Crippen molar-refractivity contribution >= 4 is 11.7 Å². The third-order valence-corrected chi connectivity index (χ3v) is 2.34. The van der Waals surface area contributed by atoms with Gasteiger partial charge in [-0.15, -0.1) is 0 Å². The summed E-state index contributed by atoms with van der Waals surface area (Å²) in [5, 5.41) is 10.1. The molecule has 1 aromatic carbocycles. The number of hydrogen-bond acceptors (Lipinski definition) is 2. The molecule has 0 aliphatic carbocycles. The molecule has 0 heterocycles. The second-order valence-corrected chi connectivity index (χ2v) is 4.88. The van der Waals surface area contributed by atoms with Crippen molar-refractivity contribution in [2.45, 2.75) is 33.1 Å². The molecule has 0 bridgehead atoms. The Kier molecular flexibility index (Phi) is 3.48. The van der Waals surface area contributed by atoms with Gasteiger partial charge in [0.2, 0.25) is 5.91 Å². The van der Waals surface area contributed by atoms with Gasteiger partial charge in [0.1, 0.15) is 5.84 Å². The zero-order valence-corrected chi connectivity index (χ0v) is 10.2. The standard InChI is InChI=1S/C13H18N2O/c1-9(16)15-12(14)10-5-7-11(8-6-10)13(2,3)4/h5-8H,1-4H3,(H2,14,15,16). The van der Waals surface area contributed by atoms with Crippen molar-refractivity contribution in [3.63, 3.8) is 0 Å². The van der Waals surface area contributed by atoms with Crippen molar-refractivity contribution in [1.29, 1.82) is 5.41 Å². The van der Waals surface area contributed by atoms with Gasteiger partial charge in [-0.1, -0.05) is 45.0 Å². The van der Waals surface area contributed by atoms with Gasteiger partial charge in [0.05, 0.1) is 0 Å². The van der Waals surface area contributed by atoms with Crippen molar-refractivity contribution in [1.82, 2.24) is 5.32 Å². The summed E-state index contributed by atoms with van der Waals surface area (Å²) in [4.78, 5) is 10.8. The number of carbonyl (C=O) groups excluding carboxylic acids is 1. The van der Waals surface area contributed by atoms with Crippen molar-refractivity contribution in [3.05, 3.63) is 35.4 Å². The lowest BCUT2D eigenvalue weighted by atomic mass is 9.86. The highest BCUT2D eigenvalue weighted by Crippen LogP contribution is 2.22. The number of benzene rings is 1. The maximum Gasteiger partial charge on any atom is 0.222 e. The topological polar surface area (TPSA) is 53.0 Å². The van der Waals surface area contributed by atoms with Crippen LogP contribution in [-0.4, -0.2) is 11.7 Å². The Morgan fingerprint density at radius 2 is 1.69 bits per heavy atom. The van der Waals surface area contributed by atoms with Crippen LogP contribution in [0.15, 0.2) is 24.3 Å². The first-order valence-corrected chi connectivity index (χ1v) is 5.28. The molecule has 3 heteroatoms. The Bertz CT molecular complexity index is 399. The van der Waals surface area contributed by atoms with E-state index in [-0.39, 0.29) is 17.2 Å². The molecule has 1 rings (SSSR count). The maximum absolute atomic E-state index is 10.8. The van der Waals surface area contributed by atoms with Crippen LogP contribution in [0.3, 0.4) is 0 Å². The molecule has 2 N–H and O–H groups in total. The summed E-state index contributed by atoms with van der Waals surface area (Å²) in [7, 11) is 0. The van der Waals surface area contributed by atoms with E-state index in [9.17, 15) is 4.79 Å². The number of carbonyl (C=O) groups is 1. The summed E-state index contributed by atoms with van der Waals surface area (Å²) >= 11 is 0. The number of nitrogens with one attached hydrogen (secondary N) is 2. The first kappa shape index (κ1) is 12.4. The number of hydrogen-bond donors (Lipinski definition) is 2. The average molecular weight is 218 g/mol. The van der Waals surface area contributed by atoms with E-state index in [0.717, 1.165) is 5.56 Å². The monoisotopic (exact) mass is 218 g/mol. The van der Waals surface area contributed by atoms with Crippen LogP contribution in [0.25, 0.3) is 0 Å². The first-order valence-electron chi connectivity index (χ1n) is 5.28. The van der Waals surface area contributed by atoms with Crippen molar-refractivity contribution in [3.8, 4) is 0 Å². The van der Waals surface area contributed by atoms with Gasteiger partial charge in [-0.05, 0) is 11.0 Å². The molecular formula is C13H18N2O. The van der Waals surface area contributed by atoms with Crippen LogP contribution < -0.4 is 5.32 Å². The molecule has 0 saturated carbocycles. The molecule has 1 amide bonds. The van der Waals surface area contributed by atoms with Crippen molar-refractivity contribution < 1.29 is 4.79 Å². The Morgan fingerprint density at radius 3 is 2.06 bits per heavy atom. The Balaban J connectivity index is 2.87. The quantitative estimate of drug-likeness (QED) is 0.552. The first-order chi connectivity index (χ1) is 7.30. The molecular weight excluding hydrogens is 200 g/mol. The highest BCUT2D eigenvalue weighted by molar-refractivity contribution is 6.05. The molecule has 1 aromatic rings. The minimum atomic E-state index is -0.218. The van der Waals surface area contributed by atoms with Gasteiger partial charge in [-0.3, -0.25) is 10.2 Å². The van der Waals surface area contributed by atoms with E-state index in [4.69, 9.17) is 5.41 Å².